The molecule has 0 amide bonds. The lowest BCUT2D eigenvalue weighted by atomic mass is 9.99. The van der Waals surface area contributed by atoms with E-state index in [1.54, 1.807) is 18.2 Å². The van der Waals surface area contributed by atoms with Crippen LogP contribution in [0.2, 0.25) is 0 Å². The molecule has 0 fully saturated rings. The highest BCUT2D eigenvalue weighted by Crippen LogP contribution is 2.16. The summed E-state index contributed by atoms with van der Waals surface area (Å²) in [7, 11) is 0. The highest BCUT2D eigenvalue weighted by atomic mass is 17.0. The van der Waals surface area contributed by atoms with Crippen molar-refractivity contribution in [1.82, 2.24) is 0 Å². The van der Waals surface area contributed by atoms with Gasteiger partial charge in [-0.15, -0.1) is 30.3 Å². The van der Waals surface area contributed by atoms with E-state index < -0.39 is 52.4 Å². The lowest BCUT2D eigenvalue weighted by molar-refractivity contribution is -0.814. The minimum Gasteiger partial charge on any atom is -0.394 e. The molecule has 1 rings (SSSR count). The fourth-order valence-electron chi connectivity index (χ4n) is 2.02. The summed E-state index contributed by atoms with van der Waals surface area (Å²) < 4.78 is 0. The van der Waals surface area contributed by atoms with E-state index in [-0.39, 0.29) is 0 Å². The molecule has 3 atom stereocenters. The average Bonchev–Trinajstić information content (AvgIpc) is 2.56. The van der Waals surface area contributed by atoms with Gasteiger partial charge >= 0.3 is 0 Å². The van der Waals surface area contributed by atoms with E-state index in [1.165, 1.54) is 12.1 Å². The van der Waals surface area contributed by atoms with Gasteiger partial charge in [0, 0.05) is 6.42 Å². The van der Waals surface area contributed by atoms with Crippen LogP contribution in [0.3, 0.4) is 0 Å². The normalized spacial score (nSPS) is 13.7. The summed E-state index contributed by atoms with van der Waals surface area (Å²) in [6.07, 6.45) is -7.05. The predicted octanol–water partition coefficient (Wildman–Crippen LogP) is -0.479. The Morgan fingerprint density at radius 3 is 1.96 bits per heavy atom. The highest BCUT2D eigenvalue weighted by Gasteiger charge is 2.42. The Labute approximate surface area is 144 Å². The molecule has 0 aliphatic rings. The summed E-state index contributed by atoms with van der Waals surface area (Å²) in [5, 5.41) is 36.6. The first-order valence-electron chi connectivity index (χ1n) is 6.85. The number of carbonyl (C=O) groups excluding carboxylic acids is 1. The SMILES string of the molecule is O=C(Cc1ccccc1)[C@H](O[N+](=O)[O-])[C@H](O[N+](=O)[O-])[C@H](CO)O[N+](=O)[O-]. The Kier molecular flexibility index (Phi) is 7.63. The summed E-state index contributed by atoms with van der Waals surface area (Å²) in [6, 6.07) is 7.79. The van der Waals surface area contributed by atoms with Gasteiger partial charge in [-0.3, -0.25) is 4.79 Å². The molecular formula is C12H13N3O11. The first kappa shape index (κ1) is 20.5. The zero-order valence-corrected chi connectivity index (χ0v) is 12.9. The fraction of sp³-hybridized carbons (Fsp3) is 0.417. The second-order valence-corrected chi connectivity index (χ2v) is 4.72. The molecule has 0 aliphatic carbocycles. The first-order chi connectivity index (χ1) is 12.2. The second kappa shape index (κ2) is 9.67. The molecule has 14 heteroatoms. The fourth-order valence-corrected chi connectivity index (χ4v) is 2.02. The monoisotopic (exact) mass is 375 g/mol. The zero-order valence-electron chi connectivity index (χ0n) is 12.9. The van der Waals surface area contributed by atoms with E-state index in [1.807, 2.05) is 0 Å². The van der Waals surface area contributed by atoms with Gasteiger partial charge < -0.3 is 19.6 Å². The van der Waals surface area contributed by atoms with E-state index in [0.29, 0.717) is 5.56 Å². The van der Waals surface area contributed by atoms with Crippen molar-refractivity contribution in [2.24, 2.45) is 0 Å². The molecule has 142 valence electrons. The summed E-state index contributed by atoms with van der Waals surface area (Å²) in [5.41, 5.74) is 0.394. The largest absolute Gasteiger partial charge is 0.394 e. The van der Waals surface area contributed by atoms with Gasteiger partial charge in [-0.05, 0) is 5.56 Å². The molecule has 0 bridgehead atoms. The molecule has 0 radical (unpaired) electrons. The number of aliphatic hydroxyl groups excluding tert-OH is 1. The van der Waals surface area contributed by atoms with E-state index in [0.717, 1.165) is 0 Å². The van der Waals surface area contributed by atoms with Crippen LogP contribution in [0.5, 0.6) is 0 Å². The predicted molar refractivity (Wildman–Crippen MR) is 77.8 cm³/mol. The van der Waals surface area contributed by atoms with Crippen LogP contribution in [0.25, 0.3) is 0 Å². The second-order valence-electron chi connectivity index (χ2n) is 4.72. The zero-order chi connectivity index (χ0) is 19.7. The van der Waals surface area contributed by atoms with Gasteiger partial charge in [0.05, 0.1) is 6.61 Å². The van der Waals surface area contributed by atoms with Crippen LogP contribution in [0.4, 0.5) is 0 Å². The molecule has 0 aromatic heterocycles. The maximum absolute atomic E-state index is 12.3. The number of rotatable bonds is 12. The van der Waals surface area contributed by atoms with Crippen LogP contribution in [0, 0.1) is 30.3 Å². The number of aliphatic hydroxyl groups is 1. The number of ketones is 1. The molecule has 0 spiro atoms. The molecule has 1 aromatic rings. The number of Topliss-reactive ketones (excluding diaryl/α,β-unsaturated/α-hetero) is 1. The number of carbonyl (C=O) groups is 1. The summed E-state index contributed by atoms with van der Waals surface area (Å²) in [6.45, 7) is -1.21. The molecule has 1 aromatic carbocycles. The van der Waals surface area contributed by atoms with Gasteiger partial charge in [-0.2, -0.15) is 0 Å². The van der Waals surface area contributed by atoms with Gasteiger partial charge in [-0.25, -0.2) is 0 Å². The Bertz CT molecular complexity index is 653. The molecular weight excluding hydrogens is 362 g/mol. The van der Waals surface area contributed by atoms with E-state index in [2.05, 4.69) is 14.5 Å². The Balaban J connectivity index is 3.15. The van der Waals surface area contributed by atoms with Crippen molar-refractivity contribution in [1.29, 1.82) is 0 Å². The van der Waals surface area contributed by atoms with Crippen molar-refractivity contribution in [3.05, 3.63) is 66.2 Å². The lowest BCUT2D eigenvalue weighted by Gasteiger charge is -2.27. The number of hydrogen-bond acceptors (Lipinski definition) is 11. The molecule has 0 saturated carbocycles. The third kappa shape index (κ3) is 6.52. The maximum atomic E-state index is 12.3. The van der Waals surface area contributed by atoms with Gasteiger partial charge in [0.15, 0.2) is 24.1 Å². The molecule has 0 aliphatic heterocycles. The standard InChI is InChI=1S/C12H13N3O11/c16-7-10(24-13(18)19)12(26-15(22)23)11(25-14(20)21)9(17)6-8-4-2-1-3-5-8/h1-5,10-12,16H,6-7H2/t10-,11-,12+/m0/s1. The highest BCUT2D eigenvalue weighted by molar-refractivity contribution is 5.85. The summed E-state index contributed by atoms with van der Waals surface area (Å²) in [4.78, 5) is 56.3. The van der Waals surface area contributed by atoms with Crippen LogP contribution < -0.4 is 0 Å². The van der Waals surface area contributed by atoms with Crippen molar-refractivity contribution in [2.75, 3.05) is 6.61 Å². The Hall–Kier alpha value is -3.55. The minimum absolute atomic E-state index is 0.394. The molecule has 14 nitrogen and oxygen atoms in total. The number of benzene rings is 1. The Morgan fingerprint density at radius 2 is 1.50 bits per heavy atom. The van der Waals surface area contributed by atoms with Crippen molar-refractivity contribution in [3.63, 3.8) is 0 Å². The number of nitrogens with zero attached hydrogens (tertiary/aromatic N) is 3. The van der Waals surface area contributed by atoms with Gasteiger partial charge in [-0.1, -0.05) is 30.3 Å². The van der Waals surface area contributed by atoms with Crippen LogP contribution in [0.1, 0.15) is 5.56 Å². The maximum Gasteiger partial charge on any atom is 0.295 e. The molecule has 26 heavy (non-hydrogen) atoms. The van der Waals surface area contributed by atoms with Crippen LogP contribution in [-0.2, 0) is 25.7 Å². The van der Waals surface area contributed by atoms with Crippen molar-refractivity contribution >= 4 is 5.78 Å². The third-order valence-corrected chi connectivity index (χ3v) is 3.01. The molecule has 0 saturated heterocycles. The van der Waals surface area contributed by atoms with Crippen LogP contribution in [-0.4, -0.2) is 51.1 Å². The van der Waals surface area contributed by atoms with Gasteiger partial charge in [0.25, 0.3) is 15.3 Å². The third-order valence-electron chi connectivity index (χ3n) is 3.01. The molecule has 0 unspecified atom stereocenters. The smallest absolute Gasteiger partial charge is 0.295 e. The summed E-state index contributed by atoms with van der Waals surface area (Å²) in [5.74, 6) is -1.05. The summed E-state index contributed by atoms with van der Waals surface area (Å²) >= 11 is 0. The molecule has 0 heterocycles. The quantitative estimate of drug-likeness (QED) is 0.366. The van der Waals surface area contributed by atoms with Crippen LogP contribution in [0.15, 0.2) is 30.3 Å². The van der Waals surface area contributed by atoms with Crippen molar-refractivity contribution in [2.45, 2.75) is 24.7 Å². The van der Waals surface area contributed by atoms with E-state index >= 15 is 0 Å². The van der Waals surface area contributed by atoms with Crippen molar-refractivity contribution < 1.29 is 39.7 Å². The van der Waals surface area contributed by atoms with Gasteiger partial charge in [0.1, 0.15) is 0 Å². The van der Waals surface area contributed by atoms with E-state index in [4.69, 9.17) is 5.11 Å². The Morgan fingerprint density at radius 1 is 0.962 bits per heavy atom. The lowest BCUT2D eigenvalue weighted by Crippen LogP contribution is -2.51. The number of hydrogen-bond donors (Lipinski definition) is 1. The van der Waals surface area contributed by atoms with Crippen molar-refractivity contribution in [3.8, 4) is 0 Å². The molecule has 1 N–H and O–H groups in total. The minimum atomic E-state index is -2.26. The van der Waals surface area contributed by atoms with Crippen LogP contribution >= 0.6 is 0 Å². The first-order valence-corrected chi connectivity index (χ1v) is 6.85. The topological polar surface area (TPSA) is 194 Å². The van der Waals surface area contributed by atoms with E-state index in [9.17, 15) is 35.1 Å². The average molecular weight is 375 g/mol. The van der Waals surface area contributed by atoms with Gasteiger partial charge in [0.2, 0.25) is 0 Å².